The first-order valence-corrected chi connectivity index (χ1v) is 8.62. The Morgan fingerprint density at radius 1 is 1.13 bits per heavy atom. The zero-order chi connectivity index (χ0) is 16.2. The van der Waals surface area contributed by atoms with Crippen molar-refractivity contribution in [2.45, 2.75) is 25.9 Å². The smallest absolute Gasteiger partial charge is 0.239 e. The van der Waals surface area contributed by atoms with Gasteiger partial charge in [-0.2, -0.15) is 0 Å². The Morgan fingerprint density at radius 3 is 2.52 bits per heavy atom. The van der Waals surface area contributed by atoms with E-state index in [0.717, 1.165) is 45.7 Å². The molecule has 23 heavy (non-hydrogen) atoms. The van der Waals surface area contributed by atoms with Crippen molar-refractivity contribution < 1.29 is 9.90 Å². The molecular weight excluding hydrogens is 290 g/mol. The van der Waals surface area contributed by atoms with E-state index in [4.69, 9.17) is 5.11 Å². The van der Waals surface area contributed by atoms with Gasteiger partial charge in [-0.05, 0) is 24.5 Å². The van der Waals surface area contributed by atoms with Crippen LogP contribution >= 0.6 is 0 Å². The minimum Gasteiger partial charge on any atom is -0.395 e. The molecule has 1 atom stereocenters. The molecule has 1 saturated heterocycles. The van der Waals surface area contributed by atoms with Crippen molar-refractivity contribution >= 4 is 5.91 Å². The lowest BCUT2D eigenvalue weighted by molar-refractivity contribution is -0.138. The SMILES string of the molecule is CC(C(=O)N1CCN(CCO)CC1)N1CCc2ccccc2C1. The molecule has 0 radical (unpaired) electrons. The molecule has 1 aromatic rings. The summed E-state index contributed by atoms with van der Waals surface area (Å²) < 4.78 is 0. The van der Waals surface area contributed by atoms with Crippen LogP contribution in [0.2, 0.25) is 0 Å². The molecule has 2 heterocycles. The highest BCUT2D eigenvalue weighted by Gasteiger charge is 2.30. The number of aliphatic hydroxyl groups is 1. The second-order valence-corrected chi connectivity index (χ2v) is 6.56. The number of piperazine rings is 1. The van der Waals surface area contributed by atoms with Gasteiger partial charge in [0.15, 0.2) is 0 Å². The van der Waals surface area contributed by atoms with Gasteiger partial charge in [0.1, 0.15) is 0 Å². The monoisotopic (exact) mass is 317 g/mol. The third kappa shape index (κ3) is 3.74. The van der Waals surface area contributed by atoms with Crippen LogP contribution in [0.15, 0.2) is 24.3 Å². The lowest BCUT2D eigenvalue weighted by Gasteiger charge is -2.39. The number of amides is 1. The number of rotatable bonds is 4. The summed E-state index contributed by atoms with van der Waals surface area (Å²) in [6.07, 6.45) is 1.03. The maximum absolute atomic E-state index is 12.8. The Kier molecular flexibility index (Phi) is 5.30. The molecule has 5 nitrogen and oxygen atoms in total. The fraction of sp³-hybridized carbons (Fsp3) is 0.611. The number of benzene rings is 1. The highest BCUT2D eigenvalue weighted by molar-refractivity contribution is 5.81. The summed E-state index contributed by atoms with van der Waals surface area (Å²) in [6, 6.07) is 8.48. The third-order valence-electron chi connectivity index (χ3n) is 5.17. The molecule has 0 spiro atoms. The van der Waals surface area contributed by atoms with Gasteiger partial charge in [0, 0.05) is 45.8 Å². The van der Waals surface area contributed by atoms with Crippen LogP contribution in [-0.2, 0) is 17.8 Å². The Hall–Kier alpha value is -1.43. The van der Waals surface area contributed by atoms with E-state index >= 15 is 0 Å². The number of hydrogen-bond acceptors (Lipinski definition) is 4. The molecule has 1 aromatic carbocycles. The van der Waals surface area contributed by atoms with Gasteiger partial charge in [-0.15, -0.1) is 0 Å². The lowest BCUT2D eigenvalue weighted by atomic mass is 9.98. The van der Waals surface area contributed by atoms with Crippen molar-refractivity contribution in [2.75, 3.05) is 45.9 Å². The highest BCUT2D eigenvalue weighted by atomic mass is 16.3. The van der Waals surface area contributed by atoms with E-state index in [1.165, 1.54) is 11.1 Å². The van der Waals surface area contributed by atoms with Crippen molar-refractivity contribution in [3.8, 4) is 0 Å². The van der Waals surface area contributed by atoms with Crippen LogP contribution in [0.5, 0.6) is 0 Å². The maximum Gasteiger partial charge on any atom is 0.239 e. The van der Waals surface area contributed by atoms with E-state index in [-0.39, 0.29) is 18.6 Å². The Balaban J connectivity index is 1.56. The van der Waals surface area contributed by atoms with Gasteiger partial charge in [-0.25, -0.2) is 0 Å². The van der Waals surface area contributed by atoms with Crippen LogP contribution in [-0.4, -0.2) is 77.6 Å². The summed E-state index contributed by atoms with van der Waals surface area (Å²) >= 11 is 0. The van der Waals surface area contributed by atoms with Crippen molar-refractivity contribution in [3.05, 3.63) is 35.4 Å². The topological polar surface area (TPSA) is 47.0 Å². The highest BCUT2D eigenvalue weighted by Crippen LogP contribution is 2.21. The van der Waals surface area contributed by atoms with E-state index in [1.807, 2.05) is 11.8 Å². The third-order valence-corrected chi connectivity index (χ3v) is 5.17. The van der Waals surface area contributed by atoms with Crippen molar-refractivity contribution in [1.29, 1.82) is 0 Å². The van der Waals surface area contributed by atoms with Gasteiger partial charge >= 0.3 is 0 Å². The van der Waals surface area contributed by atoms with Crippen molar-refractivity contribution in [3.63, 3.8) is 0 Å². The molecule has 2 aliphatic heterocycles. The molecule has 1 unspecified atom stereocenters. The molecule has 0 saturated carbocycles. The van der Waals surface area contributed by atoms with Crippen LogP contribution in [0.25, 0.3) is 0 Å². The lowest BCUT2D eigenvalue weighted by Crippen LogP contribution is -2.55. The number of hydrogen-bond donors (Lipinski definition) is 1. The predicted molar refractivity (Wildman–Crippen MR) is 90.1 cm³/mol. The zero-order valence-corrected chi connectivity index (χ0v) is 13.9. The average Bonchev–Trinajstić information content (AvgIpc) is 2.61. The minimum absolute atomic E-state index is 0.0623. The average molecular weight is 317 g/mol. The first-order chi connectivity index (χ1) is 11.2. The Morgan fingerprint density at radius 2 is 1.83 bits per heavy atom. The fourth-order valence-electron chi connectivity index (χ4n) is 3.60. The maximum atomic E-state index is 12.8. The summed E-state index contributed by atoms with van der Waals surface area (Å²) in [5.41, 5.74) is 2.77. The molecule has 1 N–H and O–H groups in total. The van der Waals surface area contributed by atoms with E-state index in [0.29, 0.717) is 6.54 Å². The van der Waals surface area contributed by atoms with Crippen LogP contribution < -0.4 is 0 Å². The largest absolute Gasteiger partial charge is 0.395 e. The van der Waals surface area contributed by atoms with Crippen molar-refractivity contribution in [2.24, 2.45) is 0 Å². The molecule has 5 heteroatoms. The Bertz CT molecular complexity index is 541. The van der Waals surface area contributed by atoms with Crippen LogP contribution in [0.3, 0.4) is 0 Å². The summed E-state index contributed by atoms with van der Waals surface area (Å²) in [5, 5.41) is 9.00. The van der Waals surface area contributed by atoms with E-state index in [1.54, 1.807) is 0 Å². The second kappa shape index (κ2) is 7.43. The molecule has 1 amide bonds. The zero-order valence-electron chi connectivity index (χ0n) is 13.9. The Labute approximate surface area is 138 Å². The van der Waals surface area contributed by atoms with Crippen molar-refractivity contribution in [1.82, 2.24) is 14.7 Å². The normalized spacial score (nSPS) is 21.0. The van der Waals surface area contributed by atoms with Gasteiger partial charge < -0.3 is 10.0 Å². The molecule has 126 valence electrons. The number of aliphatic hydroxyl groups excluding tert-OH is 1. The first kappa shape index (κ1) is 16.4. The van der Waals surface area contributed by atoms with Crippen LogP contribution in [0.4, 0.5) is 0 Å². The summed E-state index contributed by atoms with van der Waals surface area (Å²) in [4.78, 5) is 19.3. The molecular formula is C18H27N3O2. The molecule has 0 aliphatic carbocycles. The molecule has 1 fully saturated rings. The number of carbonyl (C=O) groups is 1. The first-order valence-electron chi connectivity index (χ1n) is 8.62. The molecule has 0 aromatic heterocycles. The predicted octanol–water partition coefficient (Wildman–Crippen LogP) is 0.570. The van der Waals surface area contributed by atoms with Gasteiger partial charge in [-0.1, -0.05) is 24.3 Å². The second-order valence-electron chi connectivity index (χ2n) is 6.56. The van der Waals surface area contributed by atoms with Crippen LogP contribution in [0.1, 0.15) is 18.1 Å². The molecule has 3 rings (SSSR count). The standard InChI is InChI=1S/C18H27N3O2/c1-15(18(23)20-10-8-19(9-11-20)12-13-22)21-7-6-16-4-2-3-5-17(16)14-21/h2-5,15,22H,6-14H2,1H3. The van der Waals surface area contributed by atoms with Gasteiger partial charge in [0.2, 0.25) is 5.91 Å². The van der Waals surface area contributed by atoms with Gasteiger partial charge in [-0.3, -0.25) is 14.6 Å². The fourth-order valence-corrected chi connectivity index (χ4v) is 3.60. The van der Waals surface area contributed by atoms with E-state index in [2.05, 4.69) is 34.1 Å². The van der Waals surface area contributed by atoms with Gasteiger partial charge in [0.25, 0.3) is 0 Å². The summed E-state index contributed by atoms with van der Waals surface area (Å²) in [6.45, 7) is 8.03. The summed E-state index contributed by atoms with van der Waals surface area (Å²) in [5.74, 6) is 0.244. The van der Waals surface area contributed by atoms with E-state index in [9.17, 15) is 4.79 Å². The quantitative estimate of drug-likeness (QED) is 0.882. The molecule has 2 aliphatic rings. The number of carbonyl (C=O) groups excluding carboxylic acids is 1. The van der Waals surface area contributed by atoms with Crippen LogP contribution in [0, 0.1) is 0 Å². The molecule has 0 bridgehead atoms. The number of β-amino-alcohol motifs (C(OH)–C–C–N with tert-alkyl or cyclic N) is 1. The number of nitrogens with zero attached hydrogens (tertiary/aromatic N) is 3. The minimum atomic E-state index is -0.0623. The summed E-state index contributed by atoms with van der Waals surface area (Å²) in [7, 11) is 0. The van der Waals surface area contributed by atoms with Gasteiger partial charge in [0.05, 0.1) is 12.6 Å². The van der Waals surface area contributed by atoms with E-state index < -0.39 is 0 Å². The number of fused-ring (bicyclic) bond motifs is 1.